The molecule has 21 heavy (non-hydrogen) atoms. The zero-order chi connectivity index (χ0) is 14.7. The van der Waals surface area contributed by atoms with Gasteiger partial charge in [-0.3, -0.25) is 0 Å². The molecule has 0 amide bonds. The van der Waals surface area contributed by atoms with Crippen LogP contribution in [0.3, 0.4) is 0 Å². The van der Waals surface area contributed by atoms with Gasteiger partial charge in [-0.1, -0.05) is 11.6 Å². The van der Waals surface area contributed by atoms with Crippen LogP contribution in [0, 0.1) is 0 Å². The molecule has 0 unspecified atom stereocenters. The van der Waals surface area contributed by atoms with Crippen LogP contribution >= 0.6 is 11.6 Å². The molecule has 2 aromatic rings. The van der Waals surface area contributed by atoms with Crippen LogP contribution in [-0.2, 0) is 0 Å². The molecule has 0 radical (unpaired) electrons. The van der Waals surface area contributed by atoms with Crippen molar-refractivity contribution in [3.05, 3.63) is 35.7 Å². The molecule has 1 N–H and O–H groups in total. The molecule has 6 heteroatoms. The number of hydrogen-bond donors (Lipinski definition) is 1. The van der Waals surface area contributed by atoms with Gasteiger partial charge in [0.25, 0.3) is 0 Å². The second kappa shape index (κ2) is 6.18. The number of aromatic nitrogens is 2. The fourth-order valence-electron chi connectivity index (χ4n) is 2.49. The van der Waals surface area contributed by atoms with Gasteiger partial charge < -0.3 is 15.0 Å². The largest absolute Gasteiger partial charge is 0.490 e. The highest BCUT2D eigenvalue weighted by Crippen LogP contribution is 2.31. The lowest BCUT2D eigenvalue weighted by Crippen LogP contribution is -2.17. The van der Waals surface area contributed by atoms with E-state index in [0.29, 0.717) is 16.7 Å². The van der Waals surface area contributed by atoms with Gasteiger partial charge in [-0.25, -0.2) is 9.97 Å². The molecule has 0 atom stereocenters. The maximum absolute atomic E-state index is 5.98. The summed E-state index contributed by atoms with van der Waals surface area (Å²) in [6.45, 7) is 2.28. The summed E-state index contributed by atoms with van der Waals surface area (Å²) >= 11 is 5.98. The summed E-state index contributed by atoms with van der Waals surface area (Å²) in [6, 6.07) is 8.29. The second-order valence-corrected chi connectivity index (χ2v) is 5.27. The van der Waals surface area contributed by atoms with Gasteiger partial charge in [0.15, 0.2) is 16.7 Å². The van der Waals surface area contributed by atoms with Gasteiger partial charge in [-0.15, -0.1) is 0 Å². The molecule has 0 spiro atoms. The molecule has 0 aliphatic carbocycles. The summed E-state index contributed by atoms with van der Waals surface area (Å²) in [7, 11) is 1.55. The summed E-state index contributed by atoms with van der Waals surface area (Å²) in [4.78, 5) is 10.5. The average molecular weight is 305 g/mol. The van der Waals surface area contributed by atoms with E-state index in [1.54, 1.807) is 7.11 Å². The van der Waals surface area contributed by atoms with Crippen LogP contribution in [0.15, 0.2) is 30.6 Å². The Labute approximate surface area is 128 Å². The minimum absolute atomic E-state index is 0.295. The van der Waals surface area contributed by atoms with E-state index in [1.165, 1.54) is 24.9 Å². The summed E-state index contributed by atoms with van der Waals surface area (Å²) in [5, 5.41) is 3.50. The lowest BCUT2D eigenvalue weighted by atomic mass is 10.2. The predicted octanol–water partition coefficient (Wildman–Crippen LogP) is 3.48. The number of rotatable bonds is 4. The Bertz CT molecular complexity index is 612. The molecule has 5 nitrogen and oxygen atoms in total. The molecule has 110 valence electrons. The van der Waals surface area contributed by atoms with Gasteiger partial charge in [-0.05, 0) is 37.1 Å². The van der Waals surface area contributed by atoms with Crippen LogP contribution in [-0.4, -0.2) is 30.2 Å². The summed E-state index contributed by atoms with van der Waals surface area (Å²) < 4.78 is 5.23. The Kier molecular flexibility index (Phi) is 4.10. The number of anilines is 3. The molecule has 2 heterocycles. The summed E-state index contributed by atoms with van der Waals surface area (Å²) in [5.41, 5.74) is 2.19. The zero-order valence-electron chi connectivity index (χ0n) is 11.8. The molecule has 1 fully saturated rings. The quantitative estimate of drug-likeness (QED) is 0.876. The Hall–Kier alpha value is -2.01. The molecule has 1 saturated heterocycles. The number of ether oxygens (including phenoxy) is 1. The van der Waals surface area contributed by atoms with Gasteiger partial charge in [-0.2, -0.15) is 0 Å². The van der Waals surface area contributed by atoms with Gasteiger partial charge in [0.05, 0.1) is 7.11 Å². The first kappa shape index (κ1) is 13.9. The summed E-state index contributed by atoms with van der Waals surface area (Å²) in [6.07, 6.45) is 3.96. The van der Waals surface area contributed by atoms with E-state index in [0.717, 1.165) is 18.8 Å². The topological polar surface area (TPSA) is 50.3 Å². The van der Waals surface area contributed by atoms with Crippen molar-refractivity contribution < 1.29 is 4.74 Å². The smallest absolute Gasteiger partial charge is 0.199 e. The highest BCUT2D eigenvalue weighted by molar-refractivity contribution is 6.31. The first-order valence-electron chi connectivity index (χ1n) is 6.94. The van der Waals surface area contributed by atoms with Crippen molar-refractivity contribution in [3.63, 3.8) is 0 Å². The fourth-order valence-corrected chi connectivity index (χ4v) is 2.70. The molecule has 0 saturated carbocycles. The lowest BCUT2D eigenvalue weighted by molar-refractivity contribution is 0.413. The maximum atomic E-state index is 5.98. The van der Waals surface area contributed by atoms with Crippen molar-refractivity contribution in [1.29, 1.82) is 0 Å². The van der Waals surface area contributed by atoms with Crippen molar-refractivity contribution in [2.45, 2.75) is 12.8 Å². The molecule has 1 aliphatic rings. The van der Waals surface area contributed by atoms with Crippen LogP contribution < -0.4 is 15.0 Å². The number of benzene rings is 1. The van der Waals surface area contributed by atoms with Crippen LogP contribution in [0.4, 0.5) is 17.2 Å². The van der Waals surface area contributed by atoms with Crippen molar-refractivity contribution in [2.24, 2.45) is 0 Å². The van der Waals surface area contributed by atoms with Crippen LogP contribution in [0.5, 0.6) is 5.75 Å². The van der Waals surface area contributed by atoms with Crippen molar-refractivity contribution in [1.82, 2.24) is 9.97 Å². The Morgan fingerprint density at radius 3 is 2.52 bits per heavy atom. The van der Waals surface area contributed by atoms with Crippen molar-refractivity contribution in [3.8, 4) is 5.75 Å². The van der Waals surface area contributed by atoms with E-state index in [4.69, 9.17) is 16.3 Å². The highest BCUT2D eigenvalue weighted by Gasteiger charge is 2.13. The SMILES string of the molecule is COc1c(Cl)ncnc1Nc1ccc(N2CCCC2)cc1. The first-order chi connectivity index (χ1) is 10.3. The molecule has 1 aromatic heterocycles. The van der Waals surface area contributed by atoms with Crippen LogP contribution in [0.1, 0.15) is 12.8 Å². The monoisotopic (exact) mass is 304 g/mol. The molecular weight excluding hydrogens is 288 g/mol. The molecule has 1 aromatic carbocycles. The van der Waals surface area contributed by atoms with Gasteiger partial charge in [0.1, 0.15) is 6.33 Å². The molecule has 0 bridgehead atoms. The fraction of sp³-hybridized carbons (Fsp3) is 0.333. The Morgan fingerprint density at radius 1 is 1.14 bits per heavy atom. The molecular formula is C15H17ClN4O. The molecule has 1 aliphatic heterocycles. The zero-order valence-corrected chi connectivity index (χ0v) is 12.6. The lowest BCUT2D eigenvalue weighted by Gasteiger charge is -2.18. The highest BCUT2D eigenvalue weighted by atomic mass is 35.5. The van der Waals surface area contributed by atoms with E-state index in [-0.39, 0.29) is 0 Å². The standard InChI is InChI=1S/C15H17ClN4O/c1-21-13-14(16)17-10-18-15(13)19-11-4-6-12(7-5-11)20-8-2-3-9-20/h4-7,10H,2-3,8-9H2,1H3,(H,17,18,19). The number of methoxy groups -OCH3 is 1. The third-order valence-corrected chi connectivity index (χ3v) is 3.83. The third kappa shape index (κ3) is 3.03. The van der Waals surface area contributed by atoms with Gasteiger partial charge in [0, 0.05) is 24.5 Å². The maximum Gasteiger partial charge on any atom is 0.199 e. The first-order valence-corrected chi connectivity index (χ1v) is 7.32. The number of hydrogen-bond acceptors (Lipinski definition) is 5. The summed E-state index contributed by atoms with van der Waals surface area (Å²) in [5.74, 6) is 1.01. The normalized spacial score (nSPS) is 14.3. The predicted molar refractivity (Wildman–Crippen MR) is 84.8 cm³/mol. The van der Waals surface area contributed by atoms with Crippen molar-refractivity contribution in [2.75, 3.05) is 30.4 Å². The van der Waals surface area contributed by atoms with E-state index in [1.807, 2.05) is 12.1 Å². The van der Waals surface area contributed by atoms with E-state index in [9.17, 15) is 0 Å². The van der Waals surface area contributed by atoms with E-state index in [2.05, 4.69) is 32.3 Å². The number of nitrogens with zero attached hydrogens (tertiary/aromatic N) is 3. The molecule has 3 rings (SSSR count). The minimum atomic E-state index is 0.295. The minimum Gasteiger partial charge on any atom is -0.490 e. The van der Waals surface area contributed by atoms with Crippen LogP contribution in [0.2, 0.25) is 5.15 Å². The van der Waals surface area contributed by atoms with Gasteiger partial charge in [0.2, 0.25) is 0 Å². The average Bonchev–Trinajstić information content (AvgIpc) is 3.03. The van der Waals surface area contributed by atoms with Crippen LogP contribution in [0.25, 0.3) is 0 Å². The van der Waals surface area contributed by atoms with E-state index >= 15 is 0 Å². The third-order valence-electron chi connectivity index (χ3n) is 3.57. The Balaban J connectivity index is 1.77. The number of halogens is 1. The van der Waals surface area contributed by atoms with E-state index < -0.39 is 0 Å². The Morgan fingerprint density at radius 2 is 1.86 bits per heavy atom. The van der Waals surface area contributed by atoms with Gasteiger partial charge >= 0.3 is 0 Å². The number of nitrogens with one attached hydrogen (secondary N) is 1. The second-order valence-electron chi connectivity index (χ2n) is 4.91. The van der Waals surface area contributed by atoms with Crippen molar-refractivity contribution >= 4 is 28.8 Å².